The number of thioether (sulfide) groups is 1. The molecule has 1 aliphatic heterocycles. The van der Waals surface area contributed by atoms with Crippen molar-refractivity contribution in [2.45, 2.75) is 11.3 Å². The summed E-state index contributed by atoms with van der Waals surface area (Å²) in [5.41, 5.74) is 6.98. The molecule has 2 N–H and O–H groups in total. The zero-order chi connectivity index (χ0) is 10.7. The van der Waals surface area contributed by atoms with Gasteiger partial charge in [0, 0.05) is 11.8 Å². The smallest absolute Gasteiger partial charge is 0.123 e. The molecule has 82 valence electrons. The molecule has 1 atom stereocenters. The Morgan fingerprint density at radius 1 is 1.40 bits per heavy atom. The van der Waals surface area contributed by atoms with Crippen LogP contribution in [-0.2, 0) is 4.74 Å². The molecule has 1 heterocycles. The van der Waals surface area contributed by atoms with Crippen molar-refractivity contribution in [3.8, 4) is 0 Å². The summed E-state index contributed by atoms with van der Waals surface area (Å²) in [5.74, 6) is 0.644. The van der Waals surface area contributed by atoms with E-state index >= 15 is 0 Å². The molecular weight excluding hydrogens is 213 g/mol. The predicted octanol–water partition coefficient (Wildman–Crippen LogP) is 1.96. The number of hydrogen-bond donors (Lipinski definition) is 1. The number of nitrogens with two attached hydrogens (primary N) is 1. The first-order chi connectivity index (χ1) is 7.25. The van der Waals surface area contributed by atoms with Gasteiger partial charge in [-0.25, -0.2) is 4.39 Å². The van der Waals surface area contributed by atoms with E-state index in [1.807, 2.05) is 11.8 Å². The second-order valence-corrected chi connectivity index (χ2v) is 4.98. The maximum absolute atomic E-state index is 12.7. The fourth-order valence-electron chi connectivity index (χ4n) is 1.36. The van der Waals surface area contributed by atoms with Gasteiger partial charge >= 0.3 is 0 Å². The molecule has 1 fully saturated rings. The van der Waals surface area contributed by atoms with E-state index in [-0.39, 0.29) is 11.9 Å². The van der Waals surface area contributed by atoms with Crippen molar-refractivity contribution in [1.29, 1.82) is 0 Å². The minimum absolute atomic E-state index is 0.0174. The summed E-state index contributed by atoms with van der Waals surface area (Å²) in [6.07, 6.45) is 0. The predicted molar refractivity (Wildman–Crippen MR) is 60.4 cm³/mol. The molecule has 0 radical (unpaired) electrons. The first kappa shape index (κ1) is 10.9. The minimum atomic E-state index is -0.217. The standard InChI is InChI=1S/C11H14FNOS/c12-9-3-1-8(2-4-9)11(13)7-15-10-5-14-6-10/h1-4,10-11H,5-7,13H2. The lowest BCUT2D eigenvalue weighted by molar-refractivity contribution is 0.0455. The maximum Gasteiger partial charge on any atom is 0.123 e. The Morgan fingerprint density at radius 3 is 2.60 bits per heavy atom. The number of benzene rings is 1. The summed E-state index contributed by atoms with van der Waals surface area (Å²) in [6, 6.07) is 6.38. The molecule has 4 heteroatoms. The van der Waals surface area contributed by atoms with E-state index in [9.17, 15) is 4.39 Å². The van der Waals surface area contributed by atoms with Crippen molar-refractivity contribution in [3.63, 3.8) is 0 Å². The molecule has 2 rings (SSSR count). The van der Waals surface area contributed by atoms with Gasteiger partial charge in [-0.2, -0.15) is 11.8 Å². The van der Waals surface area contributed by atoms with Crippen molar-refractivity contribution in [1.82, 2.24) is 0 Å². The monoisotopic (exact) mass is 227 g/mol. The molecule has 15 heavy (non-hydrogen) atoms. The number of hydrogen-bond acceptors (Lipinski definition) is 3. The Bertz CT molecular complexity index is 313. The molecule has 0 aromatic heterocycles. The summed E-state index contributed by atoms with van der Waals surface area (Å²) in [6.45, 7) is 1.67. The van der Waals surface area contributed by atoms with Crippen LogP contribution in [0.2, 0.25) is 0 Å². The molecule has 0 spiro atoms. The van der Waals surface area contributed by atoms with Gasteiger partial charge in [-0.1, -0.05) is 12.1 Å². The molecule has 1 saturated heterocycles. The molecule has 1 aliphatic rings. The van der Waals surface area contributed by atoms with Gasteiger partial charge in [-0.05, 0) is 17.7 Å². The van der Waals surface area contributed by atoms with Crippen LogP contribution in [0, 0.1) is 5.82 Å². The van der Waals surface area contributed by atoms with Gasteiger partial charge in [0.1, 0.15) is 5.82 Å². The third-order valence-corrected chi connectivity index (χ3v) is 3.71. The topological polar surface area (TPSA) is 35.2 Å². The van der Waals surface area contributed by atoms with Crippen molar-refractivity contribution in [3.05, 3.63) is 35.6 Å². The van der Waals surface area contributed by atoms with Gasteiger partial charge in [0.2, 0.25) is 0 Å². The molecule has 0 saturated carbocycles. The molecule has 2 nitrogen and oxygen atoms in total. The van der Waals surface area contributed by atoms with Crippen LogP contribution in [0.1, 0.15) is 11.6 Å². The highest BCUT2D eigenvalue weighted by Crippen LogP contribution is 2.23. The van der Waals surface area contributed by atoms with E-state index < -0.39 is 0 Å². The average Bonchev–Trinajstić information content (AvgIpc) is 2.16. The van der Waals surface area contributed by atoms with Crippen molar-refractivity contribution >= 4 is 11.8 Å². The second-order valence-electron chi connectivity index (χ2n) is 3.65. The SMILES string of the molecule is NC(CSC1COC1)c1ccc(F)cc1. The van der Waals surface area contributed by atoms with E-state index in [0.29, 0.717) is 5.25 Å². The summed E-state index contributed by atoms with van der Waals surface area (Å²) in [5, 5.41) is 0.594. The number of rotatable bonds is 4. The van der Waals surface area contributed by atoms with Gasteiger partial charge in [0.15, 0.2) is 0 Å². The number of ether oxygens (including phenoxy) is 1. The normalized spacial score (nSPS) is 18.5. The van der Waals surface area contributed by atoms with Crippen molar-refractivity contribution in [2.75, 3.05) is 19.0 Å². The third-order valence-electron chi connectivity index (χ3n) is 2.42. The van der Waals surface area contributed by atoms with E-state index in [2.05, 4.69) is 0 Å². The highest BCUT2D eigenvalue weighted by molar-refractivity contribution is 8.00. The van der Waals surface area contributed by atoms with Gasteiger partial charge in [0.25, 0.3) is 0 Å². The average molecular weight is 227 g/mol. The van der Waals surface area contributed by atoms with Crippen LogP contribution in [0.5, 0.6) is 0 Å². The first-order valence-electron chi connectivity index (χ1n) is 4.96. The summed E-state index contributed by atoms with van der Waals surface area (Å²) < 4.78 is 17.7. The Morgan fingerprint density at radius 2 is 2.07 bits per heavy atom. The maximum atomic E-state index is 12.7. The fourth-order valence-corrected chi connectivity index (χ4v) is 2.41. The van der Waals surface area contributed by atoms with Crippen LogP contribution in [-0.4, -0.2) is 24.2 Å². The van der Waals surface area contributed by atoms with Gasteiger partial charge in [-0.3, -0.25) is 0 Å². The zero-order valence-corrected chi connectivity index (χ0v) is 9.17. The van der Waals surface area contributed by atoms with Crippen LogP contribution < -0.4 is 5.73 Å². The summed E-state index contributed by atoms with van der Waals surface area (Å²) >= 11 is 1.83. The van der Waals surface area contributed by atoms with E-state index in [1.54, 1.807) is 12.1 Å². The zero-order valence-electron chi connectivity index (χ0n) is 8.36. The Labute approximate surface area is 93.0 Å². The molecule has 0 bridgehead atoms. The highest BCUT2D eigenvalue weighted by atomic mass is 32.2. The molecule has 1 unspecified atom stereocenters. The molecule has 0 aliphatic carbocycles. The lowest BCUT2D eigenvalue weighted by atomic mass is 10.1. The van der Waals surface area contributed by atoms with E-state index in [4.69, 9.17) is 10.5 Å². The third kappa shape index (κ3) is 2.93. The molecular formula is C11H14FNOS. The lowest BCUT2D eigenvalue weighted by Gasteiger charge is -2.26. The van der Waals surface area contributed by atoms with Crippen LogP contribution in [0.4, 0.5) is 4.39 Å². The van der Waals surface area contributed by atoms with Crippen LogP contribution in [0.25, 0.3) is 0 Å². The molecule has 1 aromatic rings. The molecule has 1 aromatic carbocycles. The lowest BCUT2D eigenvalue weighted by Crippen LogP contribution is -2.31. The number of halogens is 1. The summed E-state index contributed by atoms with van der Waals surface area (Å²) in [4.78, 5) is 0. The van der Waals surface area contributed by atoms with Gasteiger partial charge in [-0.15, -0.1) is 0 Å². The van der Waals surface area contributed by atoms with Gasteiger partial charge < -0.3 is 10.5 Å². The van der Waals surface area contributed by atoms with Crippen LogP contribution in [0.3, 0.4) is 0 Å². The van der Waals surface area contributed by atoms with E-state index in [0.717, 1.165) is 24.5 Å². The quantitative estimate of drug-likeness (QED) is 0.854. The second kappa shape index (κ2) is 4.96. The Hall–Kier alpha value is -0.580. The minimum Gasteiger partial charge on any atom is -0.379 e. The van der Waals surface area contributed by atoms with Crippen molar-refractivity contribution < 1.29 is 9.13 Å². The first-order valence-corrected chi connectivity index (χ1v) is 6.01. The highest BCUT2D eigenvalue weighted by Gasteiger charge is 2.19. The van der Waals surface area contributed by atoms with Gasteiger partial charge in [0.05, 0.1) is 18.5 Å². The van der Waals surface area contributed by atoms with Crippen molar-refractivity contribution in [2.24, 2.45) is 5.73 Å². The van der Waals surface area contributed by atoms with E-state index in [1.165, 1.54) is 12.1 Å². The fraction of sp³-hybridized carbons (Fsp3) is 0.455. The Balaban J connectivity index is 1.83. The largest absolute Gasteiger partial charge is 0.379 e. The molecule has 0 amide bonds. The Kier molecular flexibility index (Phi) is 3.61. The summed E-state index contributed by atoms with van der Waals surface area (Å²) in [7, 11) is 0. The van der Waals surface area contributed by atoms with Crippen LogP contribution >= 0.6 is 11.8 Å². The van der Waals surface area contributed by atoms with Crippen LogP contribution in [0.15, 0.2) is 24.3 Å².